The van der Waals surface area contributed by atoms with Gasteiger partial charge in [0.1, 0.15) is 4.90 Å². The summed E-state index contributed by atoms with van der Waals surface area (Å²) in [6.07, 6.45) is 2.88. The zero-order valence-electron chi connectivity index (χ0n) is 11.8. The van der Waals surface area contributed by atoms with Crippen LogP contribution < -0.4 is 5.73 Å². The number of nitrogens with two attached hydrogens (primary N) is 1. The largest absolute Gasteiger partial charge is 0.326 e. The normalized spacial score (nSPS) is 23.5. The molecule has 7 heteroatoms. The minimum absolute atomic E-state index is 0.0256. The van der Waals surface area contributed by atoms with E-state index in [0.717, 1.165) is 5.56 Å². The fourth-order valence-corrected chi connectivity index (χ4v) is 4.21. The maximum atomic E-state index is 12.6. The van der Waals surface area contributed by atoms with Crippen LogP contribution >= 0.6 is 0 Å². The van der Waals surface area contributed by atoms with Gasteiger partial charge in [0, 0.05) is 38.3 Å². The first kappa shape index (κ1) is 14.2. The van der Waals surface area contributed by atoms with Crippen molar-refractivity contribution in [1.29, 1.82) is 0 Å². The van der Waals surface area contributed by atoms with Crippen molar-refractivity contribution >= 4 is 10.0 Å². The van der Waals surface area contributed by atoms with Crippen LogP contribution in [0.4, 0.5) is 0 Å². The number of rotatable bonds is 3. The molecule has 1 saturated heterocycles. The Morgan fingerprint density at radius 3 is 2.57 bits per heavy atom. The van der Waals surface area contributed by atoms with Crippen LogP contribution in [-0.2, 0) is 17.1 Å². The molecule has 1 aliphatic rings. The van der Waals surface area contributed by atoms with Crippen molar-refractivity contribution < 1.29 is 8.42 Å². The minimum atomic E-state index is -3.52. The molecular formula is C14H18N4O2S. The average molecular weight is 306 g/mol. The van der Waals surface area contributed by atoms with Gasteiger partial charge in [0.05, 0.1) is 6.20 Å². The zero-order chi connectivity index (χ0) is 15.0. The van der Waals surface area contributed by atoms with E-state index in [2.05, 4.69) is 5.10 Å². The standard InChI is InChI=1S/C14H18N4O2S/c1-17-8-12(7-16-17)21(19,20)18-9-13(14(15)10-18)11-5-3-2-4-6-11/h2-8,13-14H,9-10,15H2,1H3/t13-,14+/m0/s1. The molecule has 2 aromatic rings. The van der Waals surface area contributed by atoms with E-state index in [9.17, 15) is 8.42 Å². The number of hydrogen-bond acceptors (Lipinski definition) is 4. The molecule has 2 N–H and O–H groups in total. The quantitative estimate of drug-likeness (QED) is 0.897. The highest BCUT2D eigenvalue weighted by molar-refractivity contribution is 7.89. The van der Waals surface area contributed by atoms with Crippen molar-refractivity contribution in [3.8, 4) is 0 Å². The third kappa shape index (κ3) is 2.59. The Kier molecular flexibility index (Phi) is 3.56. The summed E-state index contributed by atoms with van der Waals surface area (Å²) in [7, 11) is -1.83. The molecule has 21 heavy (non-hydrogen) atoms. The second-order valence-corrected chi connectivity index (χ2v) is 7.29. The van der Waals surface area contributed by atoms with Crippen molar-refractivity contribution in [3.05, 3.63) is 48.3 Å². The first-order valence-electron chi connectivity index (χ1n) is 6.78. The summed E-state index contributed by atoms with van der Waals surface area (Å²) < 4.78 is 28.1. The van der Waals surface area contributed by atoms with Crippen molar-refractivity contribution in [3.63, 3.8) is 0 Å². The lowest BCUT2D eigenvalue weighted by Crippen LogP contribution is -2.32. The third-order valence-electron chi connectivity index (χ3n) is 3.88. The first-order valence-corrected chi connectivity index (χ1v) is 8.22. The van der Waals surface area contributed by atoms with Crippen LogP contribution in [0, 0.1) is 0 Å². The van der Waals surface area contributed by atoms with Gasteiger partial charge in [-0.15, -0.1) is 0 Å². The van der Waals surface area contributed by atoms with Crippen LogP contribution in [-0.4, -0.2) is 41.6 Å². The topological polar surface area (TPSA) is 81.2 Å². The Bertz CT molecular complexity index is 726. The Morgan fingerprint density at radius 2 is 1.95 bits per heavy atom. The summed E-state index contributed by atoms with van der Waals surface area (Å²) in [4.78, 5) is 0.214. The highest BCUT2D eigenvalue weighted by atomic mass is 32.2. The first-order chi connectivity index (χ1) is 9.98. The van der Waals surface area contributed by atoms with E-state index in [1.54, 1.807) is 7.05 Å². The summed E-state index contributed by atoms with van der Waals surface area (Å²) >= 11 is 0. The van der Waals surface area contributed by atoms with E-state index in [1.807, 2.05) is 30.3 Å². The Labute approximate surface area is 124 Å². The minimum Gasteiger partial charge on any atom is -0.326 e. The fourth-order valence-electron chi connectivity index (χ4n) is 2.72. The maximum Gasteiger partial charge on any atom is 0.246 e. The molecule has 2 atom stereocenters. The molecule has 3 rings (SSSR count). The van der Waals surface area contributed by atoms with Gasteiger partial charge in [-0.3, -0.25) is 4.68 Å². The average Bonchev–Trinajstić information content (AvgIpc) is 3.07. The van der Waals surface area contributed by atoms with Crippen molar-refractivity contribution in [1.82, 2.24) is 14.1 Å². The lowest BCUT2D eigenvalue weighted by Gasteiger charge is -2.15. The molecule has 1 aliphatic heterocycles. The van der Waals surface area contributed by atoms with Crippen LogP contribution in [0.3, 0.4) is 0 Å². The number of hydrogen-bond donors (Lipinski definition) is 1. The number of nitrogens with zero attached hydrogens (tertiary/aromatic N) is 3. The second-order valence-electron chi connectivity index (χ2n) is 5.35. The van der Waals surface area contributed by atoms with Crippen molar-refractivity contribution in [2.45, 2.75) is 16.9 Å². The summed E-state index contributed by atoms with van der Waals surface area (Å²) in [6.45, 7) is 0.735. The molecule has 0 aliphatic carbocycles. The van der Waals surface area contributed by atoms with Crippen LogP contribution in [0.1, 0.15) is 11.5 Å². The predicted octanol–water partition coefficient (Wildman–Crippen LogP) is 0.535. The van der Waals surface area contributed by atoms with E-state index in [0.29, 0.717) is 13.1 Å². The van der Waals surface area contributed by atoms with Gasteiger partial charge in [-0.2, -0.15) is 9.40 Å². The highest BCUT2D eigenvalue weighted by Gasteiger charge is 2.38. The molecule has 0 amide bonds. The number of aryl methyl sites for hydroxylation is 1. The molecule has 112 valence electrons. The van der Waals surface area contributed by atoms with Crippen LogP contribution in [0.2, 0.25) is 0 Å². The van der Waals surface area contributed by atoms with Crippen LogP contribution in [0.15, 0.2) is 47.6 Å². The number of aromatic nitrogens is 2. The molecule has 2 heterocycles. The lowest BCUT2D eigenvalue weighted by molar-refractivity contribution is 0.470. The molecule has 0 bridgehead atoms. The molecule has 0 spiro atoms. The highest BCUT2D eigenvalue weighted by Crippen LogP contribution is 2.30. The molecule has 1 aromatic carbocycles. The number of benzene rings is 1. The zero-order valence-corrected chi connectivity index (χ0v) is 12.6. The fraction of sp³-hybridized carbons (Fsp3) is 0.357. The molecule has 0 unspecified atom stereocenters. The van der Waals surface area contributed by atoms with Gasteiger partial charge in [0.2, 0.25) is 10.0 Å². The SMILES string of the molecule is Cn1cc(S(=O)(=O)N2C[C@@H](N)[C@H](c3ccccc3)C2)cn1. The molecule has 1 fully saturated rings. The van der Waals surface area contributed by atoms with Gasteiger partial charge >= 0.3 is 0 Å². The summed E-state index contributed by atoms with van der Waals surface area (Å²) in [5.74, 6) is 0.0256. The van der Waals surface area contributed by atoms with Crippen LogP contribution in [0.5, 0.6) is 0 Å². The summed E-state index contributed by atoms with van der Waals surface area (Å²) in [5, 5.41) is 3.93. The Morgan fingerprint density at radius 1 is 1.24 bits per heavy atom. The molecular weight excluding hydrogens is 288 g/mol. The predicted molar refractivity (Wildman–Crippen MR) is 79.1 cm³/mol. The smallest absolute Gasteiger partial charge is 0.246 e. The van der Waals surface area contributed by atoms with E-state index in [1.165, 1.54) is 21.4 Å². The Hall–Kier alpha value is -1.70. The van der Waals surface area contributed by atoms with Gasteiger partial charge in [-0.25, -0.2) is 8.42 Å². The Balaban J connectivity index is 1.86. The maximum absolute atomic E-state index is 12.6. The summed E-state index contributed by atoms with van der Waals surface area (Å²) in [6, 6.07) is 9.61. The van der Waals surface area contributed by atoms with Gasteiger partial charge in [0.15, 0.2) is 0 Å². The summed E-state index contributed by atoms with van der Waals surface area (Å²) in [5.41, 5.74) is 7.23. The molecule has 0 saturated carbocycles. The van der Waals surface area contributed by atoms with Crippen molar-refractivity contribution in [2.75, 3.05) is 13.1 Å². The van der Waals surface area contributed by atoms with E-state index >= 15 is 0 Å². The molecule has 1 aromatic heterocycles. The lowest BCUT2D eigenvalue weighted by atomic mass is 9.95. The third-order valence-corrected chi connectivity index (χ3v) is 5.66. The van der Waals surface area contributed by atoms with E-state index in [4.69, 9.17) is 5.73 Å². The van der Waals surface area contributed by atoms with Gasteiger partial charge < -0.3 is 5.73 Å². The van der Waals surface area contributed by atoms with Crippen molar-refractivity contribution in [2.24, 2.45) is 12.8 Å². The molecule has 6 nitrogen and oxygen atoms in total. The van der Waals surface area contributed by atoms with E-state index < -0.39 is 10.0 Å². The van der Waals surface area contributed by atoms with Gasteiger partial charge in [0.25, 0.3) is 0 Å². The monoisotopic (exact) mass is 306 g/mol. The van der Waals surface area contributed by atoms with Gasteiger partial charge in [-0.1, -0.05) is 30.3 Å². The second kappa shape index (κ2) is 5.25. The number of sulfonamides is 1. The van der Waals surface area contributed by atoms with Crippen LogP contribution in [0.25, 0.3) is 0 Å². The molecule has 0 radical (unpaired) electrons. The van der Waals surface area contributed by atoms with E-state index in [-0.39, 0.29) is 16.9 Å². The van der Waals surface area contributed by atoms with Gasteiger partial charge in [-0.05, 0) is 5.56 Å².